The van der Waals surface area contributed by atoms with Crippen LogP contribution in [0.2, 0.25) is 0 Å². The number of anilines is 2. The van der Waals surface area contributed by atoms with Crippen molar-refractivity contribution in [2.75, 3.05) is 36.5 Å². The highest BCUT2D eigenvalue weighted by molar-refractivity contribution is 7.16. The quantitative estimate of drug-likeness (QED) is 0.266. The molecule has 0 radical (unpaired) electrons. The predicted octanol–water partition coefficient (Wildman–Crippen LogP) is 3.71. The standard InChI is InChI=1S/C27H29N7O4S.C2H6/c1-27(2,36)25-32-20(24(39-25)34-12-14-37-15-13-34)21(28)38-26(29)33-22-23(35)30-18-11-7-6-10-17(18)19(31-22)16-8-4-3-5-9-16;1-2/h3-11,22,28,36H,12-15H2,1-2H3,(H2,29,33)(H,30,35);1-2H3. The van der Waals surface area contributed by atoms with Crippen molar-refractivity contribution in [3.63, 3.8) is 0 Å². The lowest BCUT2D eigenvalue weighted by atomic mass is 10.0. The number of nitrogens with two attached hydrogens (primary N) is 1. The number of hydrogen-bond donors (Lipinski definition) is 4. The molecule has 2 aromatic carbocycles. The zero-order chi connectivity index (χ0) is 29.6. The van der Waals surface area contributed by atoms with E-state index in [2.05, 4.69) is 20.3 Å². The van der Waals surface area contributed by atoms with E-state index in [-0.39, 0.29) is 11.6 Å². The highest BCUT2D eigenvalue weighted by Gasteiger charge is 2.30. The van der Waals surface area contributed by atoms with Gasteiger partial charge in [0, 0.05) is 24.2 Å². The molecule has 1 amide bonds. The normalized spacial score (nSPS) is 17.3. The van der Waals surface area contributed by atoms with Crippen molar-refractivity contribution in [2.24, 2.45) is 15.7 Å². The molecule has 0 aliphatic carbocycles. The van der Waals surface area contributed by atoms with Crippen LogP contribution in [-0.2, 0) is 19.9 Å². The molecule has 1 fully saturated rings. The molecule has 3 aromatic rings. The van der Waals surface area contributed by atoms with Crippen molar-refractivity contribution >= 4 is 45.6 Å². The number of benzodiazepines with no additional fused rings is 1. The summed E-state index contributed by atoms with van der Waals surface area (Å²) in [5.74, 6) is -0.840. The molecule has 1 saturated heterocycles. The maximum absolute atomic E-state index is 13.1. The Balaban J connectivity index is 0.00000189. The van der Waals surface area contributed by atoms with E-state index in [1.54, 1.807) is 19.9 Å². The summed E-state index contributed by atoms with van der Waals surface area (Å²) in [6, 6.07) is 16.4. The number of fused-ring (bicyclic) bond motifs is 1. The Morgan fingerprint density at radius 1 is 1.17 bits per heavy atom. The largest absolute Gasteiger partial charge is 0.405 e. The SMILES string of the molecule is CC.CC(C)(O)c1nc(C(=N)O/C(N)=N/C2N=C(c3ccccc3)c3ccccc3NC2=O)c(N2CCOCC2)s1. The molecule has 0 spiro atoms. The number of amides is 1. The second-order valence-corrected chi connectivity index (χ2v) is 10.5. The van der Waals surface area contributed by atoms with Crippen LogP contribution in [0, 0.1) is 5.41 Å². The fourth-order valence-corrected chi connectivity index (χ4v) is 5.28. The van der Waals surface area contributed by atoms with Gasteiger partial charge in [-0.1, -0.05) is 73.7 Å². The van der Waals surface area contributed by atoms with Crippen LogP contribution in [0.3, 0.4) is 0 Å². The summed E-state index contributed by atoms with van der Waals surface area (Å²) in [5.41, 5.74) is 7.85. The van der Waals surface area contributed by atoms with Crippen LogP contribution < -0.4 is 16.0 Å². The molecule has 2 aliphatic rings. The molecule has 1 aromatic heterocycles. The van der Waals surface area contributed by atoms with Gasteiger partial charge in [-0.05, 0) is 19.9 Å². The average Bonchev–Trinajstić information content (AvgIpc) is 3.39. The van der Waals surface area contributed by atoms with Gasteiger partial charge in [0.25, 0.3) is 11.9 Å². The molecule has 0 saturated carbocycles. The van der Waals surface area contributed by atoms with Crippen molar-refractivity contribution in [3.05, 3.63) is 76.4 Å². The summed E-state index contributed by atoms with van der Waals surface area (Å²) in [6.45, 7) is 9.55. The van der Waals surface area contributed by atoms with Crippen LogP contribution in [0.25, 0.3) is 0 Å². The van der Waals surface area contributed by atoms with Gasteiger partial charge in [-0.25, -0.2) is 9.98 Å². The summed E-state index contributed by atoms with van der Waals surface area (Å²) in [5, 5.41) is 23.1. The number of ether oxygens (including phenoxy) is 2. The lowest BCUT2D eigenvalue weighted by Crippen LogP contribution is -2.37. The van der Waals surface area contributed by atoms with E-state index in [0.717, 1.165) is 11.1 Å². The molecule has 0 bridgehead atoms. The summed E-state index contributed by atoms with van der Waals surface area (Å²) >= 11 is 1.28. The minimum absolute atomic E-state index is 0.225. The van der Waals surface area contributed by atoms with Crippen molar-refractivity contribution in [3.8, 4) is 0 Å². The van der Waals surface area contributed by atoms with Crippen LogP contribution in [0.4, 0.5) is 10.7 Å². The van der Waals surface area contributed by atoms with E-state index in [1.165, 1.54) is 11.3 Å². The number of thiazole rings is 1. The number of benzene rings is 2. The van der Waals surface area contributed by atoms with Crippen molar-refractivity contribution in [2.45, 2.75) is 39.5 Å². The van der Waals surface area contributed by atoms with Crippen LogP contribution in [0.5, 0.6) is 0 Å². The molecule has 216 valence electrons. The van der Waals surface area contributed by atoms with E-state index >= 15 is 0 Å². The smallest absolute Gasteiger partial charge is 0.291 e. The Morgan fingerprint density at radius 2 is 1.83 bits per heavy atom. The molecule has 1 unspecified atom stereocenters. The minimum atomic E-state index is -1.25. The molecule has 12 heteroatoms. The van der Waals surface area contributed by atoms with Crippen molar-refractivity contribution in [1.82, 2.24) is 4.98 Å². The van der Waals surface area contributed by atoms with E-state index in [9.17, 15) is 9.90 Å². The predicted molar refractivity (Wildman–Crippen MR) is 162 cm³/mol. The third-order valence-electron chi connectivity index (χ3n) is 6.08. The first-order valence-electron chi connectivity index (χ1n) is 13.4. The number of aromatic nitrogens is 1. The van der Waals surface area contributed by atoms with E-state index in [0.29, 0.717) is 47.7 Å². The molecule has 11 nitrogen and oxygen atoms in total. The number of nitrogens with one attached hydrogen (secondary N) is 2. The lowest BCUT2D eigenvalue weighted by Gasteiger charge is -2.27. The molecule has 3 heterocycles. The van der Waals surface area contributed by atoms with Gasteiger partial charge < -0.3 is 30.5 Å². The van der Waals surface area contributed by atoms with Crippen LogP contribution in [0.1, 0.15) is 49.5 Å². The highest BCUT2D eigenvalue weighted by Crippen LogP contribution is 2.35. The van der Waals surface area contributed by atoms with Gasteiger partial charge in [0.05, 0.1) is 24.6 Å². The molecule has 1 atom stereocenters. The fraction of sp³-hybridized carbons (Fsp3) is 0.345. The maximum atomic E-state index is 13.1. The second kappa shape index (κ2) is 13.0. The van der Waals surface area contributed by atoms with Gasteiger partial charge in [0.2, 0.25) is 12.1 Å². The van der Waals surface area contributed by atoms with Gasteiger partial charge in [-0.3, -0.25) is 10.2 Å². The van der Waals surface area contributed by atoms with Crippen molar-refractivity contribution in [1.29, 1.82) is 5.41 Å². The van der Waals surface area contributed by atoms with E-state index in [1.807, 2.05) is 67.3 Å². The first-order chi connectivity index (χ1) is 19.7. The molecule has 2 aliphatic heterocycles. The Hall–Kier alpha value is -4.13. The Morgan fingerprint density at radius 3 is 2.51 bits per heavy atom. The number of aliphatic imine (C=N–C) groups is 2. The Kier molecular flexibility index (Phi) is 9.48. The number of carbonyl (C=O) groups excluding carboxylic acids is 1. The van der Waals surface area contributed by atoms with Crippen molar-refractivity contribution < 1.29 is 19.4 Å². The minimum Gasteiger partial charge on any atom is -0.405 e. The number of amidine groups is 1. The van der Waals surface area contributed by atoms with E-state index < -0.39 is 23.7 Å². The first kappa shape index (κ1) is 29.8. The lowest BCUT2D eigenvalue weighted by molar-refractivity contribution is -0.117. The topological polar surface area (TPSA) is 159 Å². The molecular formula is C29H35N7O4S. The Labute approximate surface area is 243 Å². The highest BCUT2D eigenvalue weighted by atomic mass is 32.1. The monoisotopic (exact) mass is 577 g/mol. The van der Waals surface area contributed by atoms with Gasteiger partial charge in [-0.2, -0.15) is 4.99 Å². The molecule has 5 N–H and O–H groups in total. The van der Waals surface area contributed by atoms with Crippen LogP contribution >= 0.6 is 11.3 Å². The third kappa shape index (κ3) is 6.96. The summed E-state index contributed by atoms with van der Waals surface area (Å²) in [6.07, 6.45) is -1.25. The first-order valence-corrected chi connectivity index (χ1v) is 14.2. The average molecular weight is 578 g/mol. The fourth-order valence-electron chi connectivity index (χ4n) is 4.16. The number of para-hydroxylation sites is 1. The molecule has 5 rings (SSSR count). The molecular weight excluding hydrogens is 542 g/mol. The maximum Gasteiger partial charge on any atom is 0.291 e. The number of carbonyl (C=O) groups is 1. The number of rotatable bonds is 5. The van der Waals surface area contributed by atoms with E-state index in [4.69, 9.17) is 20.6 Å². The zero-order valence-electron chi connectivity index (χ0n) is 23.5. The summed E-state index contributed by atoms with van der Waals surface area (Å²) in [7, 11) is 0. The summed E-state index contributed by atoms with van der Waals surface area (Å²) < 4.78 is 11.0. The van der Waals surface area contributed by atoms with Gasteiger partial charge in [-0.15, -0.1) is 0 Å². The third-order valence-corrected chi connectivity index (χ3v) is 7.50. The van der Waals surface area contributed by atoms with Crippen LogP contribution in [-0.4, -0.2) is 66.1 Å². The number of morpholine rings is 1. The van der Waals surface area contributed by atoms with Crippen LogP contribution in [0.15, 0.2) is 64.6 Å². The summed E-state index contributed by atoms with van der Waals surface area (Å²) in [4.78, 5) is 28.4. The second-order valence-electron chi connectivity index (χ2n) is 9.48. The van der Waals surface area contributed by atoms with Gasteiger partial charge in [0.15, 0.2) is 5.69 Å². The number of nitrogens with zero attached hydrogens (tertiary/aromatic N) is 4. The zero-order valence-corrected chi connectivity index (χ0v) is 24.4. The number of aliphatic hydroxyl groups is 1. The Bertz CT molecular complexity index is 1440. The molecule has 41 heavy (non-hydrogen) atoms. The number of hydrogen-bond acceptors (Lipinski definition) is 10. The van der Waals surface area contributed by atoms with Gasteiger partial charge >= 0.3 is 0 Å². The van der Waals surface area contributed by atoms with Gasteiger partial charge in [0.1, 0.15) is 15.6 Å².